The zero-order valence-electron chi connectivity index (χ0n) is 16.8. The number of hydrogen-bond donors (Lipinski definition) is 0. The molecule has 0 aliphatic heterocycles. The van der Waals surface area contributed by atoms with E-state index in [-0.39, 0.29) is 17.8 Å². The summed E-state index contributed by atoms with van der Waals surface area (Å²) < 4.78 is 17.7. The standard InChI is InChI=1S/C25H21ClO4/c1-16-4-3-5-20(14-16)28-12-13-29-25-23(27)21-11-6-17(2)15-22(21)30-24(25)18-7-9-19(26)10-8-18/h3-11,14-15H,12-13H2,1-2H3. The number of ether oxygens (including phenoxy) is 2. The molecule has 0 saturated heterocycles. The molecule has 0 fully saturated rings. The van der Waals surface area contributed by atoms with Crippen molar-refractivity contribution in [2.75, 3.05) is 13.2 Å². The Morgan fingerprint density at radius 2 is 1.60 bits per heavy atom. The Bertz CT molecular complexity index is 1240. The molecule has 4 nitrogen and oxygen atoms in total. The van der Waals surface area contributed by atoms with E-state index in [1.807, 2.05) is 50.2 Å². The zero-order valence-corrected chi connectivity index (χ0v) is 17.5. The van der Waals surface area contributed by atoms with Crippen molar-refractivity contribution in [3.05, 3.63) is 93.1 Å². The molecule has 0 aliphatic carbocycles. The first-order chi connectivity index (χ1) is 14.5. The van der Waals surface area contributed by atoms with E-state index in [9.17, 15) is 4.79 Å². The van der Waals surface area contributed by atoms with E-state index >= 15 is 0 Å². The molecular formula is C25H21ClO4. The Morgan fingerprint density at radius 3 is 2.37 bits per heavy atom. The van der Waals surface area contributed by atoms with Crippen molar-refractivity contribution >= 4 is 22.6 Å². The second-order valence-corrected chi connectivity index (χ2v) is 7.55. The highest BCUT2D eigenvalue weighted by molar-refractivity contribution is 6.30. The molecule has 0 saturated carbocycles. The smallest absolute Gasteiger partial charge is 0.235 e. The molecule has 4 aromatic rings. The van der Waals surface area contributed by atoms with Crippen LogP contribution in [-0.4, -0.2) is 13.2 Å². The first-order valence-corrected chi connectivity index (χ1v) is 10.0. The molecule has 5 heteroatoms. The summed E-state index contributed by atoms with van der Waals surface area (Å²) in [5.74, 6) is 1.31. The van der Waals surface area contributed by atoms with Crippen molar-refractivity contribution < 1.29 is 13.9 Å². The summed E-state index contributed by atoms with van der Waals surface area (Å²) in [5, 5.41) is 1.08. The van der Waals surface area contributed by atoms with Crippen molar-refractivity contribution in [3.63, 3.8) is 0 Å². The highest BCUT2D eigenvalue weighted by atomic mass is 35.5. The predicted octanol–water partition coefficient (Wildman–Crippen LogP) is 6.19. The largest absolute Gasteiger partial charge is 0.490 e. The molecule has 4 rings (SSSR count). The van der Waals surface area contributed by atoms with Crippen LogP contribution in [0.3, 0.4) is 0 Å². The molecule has 3 aromatic carbocycles. The second-order valence-electron chi connectivity index (χ2n) is 7.11. The van der Waals surface area contributed by atoms with Gasteiger partial charge in [-0.15, -0.1) is 0 Å². The topological polar surface area (TPSA) is 48.7 Å². The van der Waals surface area contributed by atoms with E-state index in [2.05, 4.69) is 0 Å². The molecule has 0 unspecified atom stereocenters. The van der Waals surface area contributed by atoms with Gasteiger partial charge in [0.1, 0.15) is 24.5 Å². The maximum absolute atomic E-state index is 13.2. The van der Waals surface area contributed by atoms with E-state index in [1.54, 1.807) is 30.3 Å². The van der Waals surface area contributed by atoms with Crippen LogP contribution in [0.2, 0.25) is 5.02 Å². The summed E-state index contributed by atoms with van der Waals surface area (Å²) in [6.07, 6.45) is 0. The van der Waals surface area contributed by atoms with Gasteiger partial charge in [0.25, 0.3) is 0 Å². The molecule has 30 heavy (non-hydrogen) atoms. The third-order valence-corrected chi connectivity index (χ3v) is 4.95. The predicted molar refractivity (Wildman–Crippen MR) is 120 cm³/mol. The van der Waals surface area contributed by atoms with Crippen molar-refractivity contribution in [1.29, 1.82) is 0 Å². The van der Waals surface area contributed by atoms with Crippen LogP contribution in [-0.2, 0) is 0 Å². The molecule has 0 aliphatic rings. The van der Waals surface area contributed by atoms with Gasteiger partial charge in [0.05, 0.1) is 5.39 Å². The molecule has 0 amide bonds. The average molecular weight is 421 g/mol. The van der Waals surface area contributed by atoms with Crippen molar-refractivity contribution in [2.24, 2.45) is 0 Å². The SMILES string of the molecule is Cc1cccc(OCCOc2c(-c3ccc(Cl)cc3)oc3cc(C)ccc3c2=O)c1. The van der Waals surface area contributed by atoms with Crippen LogP contribution >= 0.6 is 11.6 Å². The molecule has 1 heterocycles. The summed E-state index contributed by atoms with van der Waals surface area (Å²) >= 11 is 6.02. The molecule has 0 spiro atoms. The van der Waals surface area contributed by atoms with Crippen LogP contribution in [0.25, 0.3) is 22.3 Å². The molecule has 0 atom stereocenters. The Kier molecular flexibility index (Phi) is 5.77. The van der Waals surface area contributed by atoms with Gasteiger partial charge in [-0.25, -0.2) is 0 Å². The van der Waals surface area contributed by atoms with Crippen molar-refractivity contribution in [3.8, 4) is 22.8 Å². The fourth-order valence-corrected chi connectivity index (χ4v) is 3.34. The Labute approximate surface area is 179 Å². The summed E-state index contributed by atoms with van der Waals surface area (Å²) in [5.41, 5.74) is 3.15. The molecular weight excluding hydrogens is 400 g/mol. The van der Waals surface area contributed by atoms with Gasteiger partial charge < -0.3 is 13.9 Å². The van der Waals surface area contributed by atoms with E-state index in [4.69, 9.17) is 25.5 Å². The quantitative estimate of drug-likeness (QED) is 0.349. The zero-order chi connectivity index (χ0) is 21.1. The summed E-state index contributed by atoms with van der Waals surface area (Å²) in [7, 11) is 0. The van der Waals surface area contributed by atoms with Crippen LogP contribution in [0.5, 0.6) is 11.5 Å². The van der Waals surface area contributed by atoms with Crippen molar-refractivity contribution in [1.82, 2.24) is 0 Å². The minimum absolute atomic E-state index is 0.168. The summed E-state index contributed by atoms with van der Waals surface area (Å²) in [6, 6.07) is 20.4. The van der Waals surface area contributed by atoms with Crippen molar-refractivity contribution in [2.45, 2.75) is 13.8 Å². The lowest BCUT2D eigenvalue weighted by atomic mass is 10.1. The van der Waals surface area contributed by atoms with Gasteiger partial charge in [-0.3, -0.25) is 4.79 Å². The normalized spacial score (nSPS) is 10.9. The first-order valence-electron chi connectivity index (χ1n) is 9.67. The van der Waals surface area contributed by atoms with Crippen LogP contribution in [0, 0.1) is 13.8 Å². The Balaban J connectivity index is 1.65. The van der Waals surface area contributed by atoms with E-state index in [0.29, 0.717) is 28.4 Å². The van der Waals surface area contributed by atoms with Gasteiger partial charge >= 0.3 is 0 Å². The third kappa shape index (κ3) is 4.34. The van der Waals surface area contributed by atoms with Gasteiger partial charge in [0, 0.05) is 10.6 Å². The number of fused-ring (bicyclic) bond motifs is 1. The van der Waals surface area contributed by atoms with Gasteiger partial charge in [0.15, 0.2) is 5.76 Å². The minimum atomic E-state index is -0.211. The lowest BCUT2D eigenvalue weighted by Gasteiger charge is -2.13. The lowest BCUT2D eigenvalue weighted by molar-refractivity contribution is 0.214. The van der Waals surface area contributed by atoms with Gasteiger partial charge in [-0.2, -0.15) is 0 Å². The molecule has 0 radical (unpaired) electrons. The fourth-order valence-electron chi connectivity index (χ4n) is 3.21. The van der Waals surface area contributed by atoms with Gasteiger partial charge in [-0.05, 0) is 73.5 Å². The van der Waals surface area contributed by atoms with Crippen LogP contribution < -0.4 is 14.9 Å². The monoisotopic (exact) mass is 420 g/mol. The summed E-state index contributed by atoms with van der Waals surface area (Å²) in [4.78, 5) is 13.2. The van der Waals surface area contributed by atoms with Crippen LogP contribution in [0.1, 0.15) is 11.1 Å². The highest BCUT2D eigenvalue weighted by Gasteiger charge is 2.18. The maximum atomic E-state index is 13.2. The fraction of sp³-hybridized carbons (Fsp3) is 0.160. The van der Waals surface area contributed by atoms with E-state index < -0.39 is 0 Å². The maximum Gasteiger partial charge on any atom is 0.235 e. The van der Waals surface area contributed by atoms with Gasteiger partial charge in [-0.1, -0.05) is 29.8 Å². The number of rotatable bonds is 6. The summed E-state index contributed by atoms with van der Waals surface area (Å²) in [6.45, 7) is 4.46. The Morgan fingerprint density at radius 1 is 0.867 bits per heavy atom. The first kappa shape index (κ1) is 20.0. The number of aryl methyl sites for hydroxylation is 2. The number of halogens is 1. The number of hydrogen-bond acceptors (Lipinski definition) is 4. The minimum Gasteiger partial charge on any atom is -0.490 e. The second kappa shape index (κ2) is 8.64. The van der Waals surface area contributed by atoms with Gasteiger partial charge in [0.2, 0.25) is 11.2 Å². The van der Waals surface area contributed by atoms with E-state index in [0.717, 1.165) is 22.4 Å². The molecule has 0 bridgehead atoms. The average Bonchev–Trinajstić information content (AvgIpc) is 2.73. The molecule has 152 valence electrons. The lowest BCUT2D eigenvalue weighted by Crippen LogP contribution is -2.15. The third-order valence-electron chi connectivity index (χ3n) is 4.70. The van der Waals surface area contributed by atoms with Crippen LogP contribution in [0.15, 0.2) is 75.9 Å². The highest BCUT2D eigenvalue weighted by Crippen LogP contribution is 2.32. The molecule has 1 aromatic heterocycles. The molecule has 0 N–H and O–H groups in total. The Hall–Kier alpha value is -3.24. The van der Waals surface area contributed by atoms with E-state index in [1.165, 1.54) is 0 Å². The number of benzene rings is 3. The van der Waals surface area contributed by atoms with Crippen LogP contribution in [0.4, 0.5) is 0 Å².